The minimum Gasteiger partial charge on any atom is -0.480 e. The summed E-state index contributed by atoms with van der Waals surface area (Å²) in [5, 5.41) is -0.378. The first-order valence-electron chi connectivity index (χ1n) is 6.75. The van der Waals surface area contributed by atoms with Crippen LogP contribution in [0.25, 0.3) is 6.08 Å². The number of thioether (sulfide) groups is 1. The smallest absolute Gasteiger partial charge is 0.343 e. The average molecular weight is 583 g/mol. The lowest BCUT2D eigenvalue weighted by Crippen LogP contribution is -2.28. The van der Waals surface area contributed by atoms with Gasteiger partial charge in [0.1, 0.15) is 5.75 Å². The molecular weight excluding hydrogens is 572 g/mol. The third-order valence-electron chi connectivity index (χ3n) is 3.00. The van der Waals surface area contributed by atoms with Crippen molar-refractivity contribution in [1.29, 1.82) is 0 Å². The molecule has 130 valence electrons. The molecule has 1 aliphatic heterocycles. The normalized spacial score (nSPS) is 15.4. The molecule has 1 fully saturated rings. The Labute approximate surface area is 176 Å². The van der Waals surface area contributed by atoms with Crippen LogP contribution >= 0.6 is 56.9 Å². The molecule has 0 unspecified atom stereocenters. The van der Waals surface area contributed by atoms with Gasteiger partial charge in [-0.3, -0.25) is 14.5 Å². The SMILES string of the molecule is C#CCN1C(=O)S/C(=C/c2cc(I)c(OCC(=O)OC)c(I)c2)C1=O. The zero-order valence-electron chi connectivity index (χ0n) is 12.9. The molecule has 1 saturated heterocycles. The van der Waals surface area contributed by atoms with Gasteiger partial charge in [0.05, 0.1) is 25.7 Å². The molecule has 0 radical (unpaired) electrons. The van der Waals surface area contributed by atoms with E-state index in [1.165, 1.54) is 7.11 Å². The van der Waals surface area contributed by atoms with Gasteiger partial charge >= 0.3 is 5.97 Å². The van der Waals surface area contributed by atoms with Crippen molar-refractivity contribution >= 4 is 80.1 Å². The van der Waals surface area contributed by atoms with Crippen molar-refractivity contribution in [3.63, 3.8) is 0 Å². The number of hydrogen-bond donors (Lipinski definition) is 0. The minimum absolute atomic E-state index is 0.0443. The van der Waals surface area contributed by atoms with E-state index in [-0.39, 0.29) is 18.4 Å². The molecule has 0 aromatic heterocycles. The number of terminal acetylenes is 1. The quantitative estimate of drug-likeness (QED) is 0.230. The molecular formula is C16H11I2NO5S. The summed E-state index contributed by atoms with van der Waals surface area (Å²) >= 11 is 5.01. The van der Waals surface area contributed by atoms with Gasteiger partial charge in [0, 0.05) is 0 Å². The minimum atomic E-state index is -0.474. The molecule has 1 aromatic rings. The maximum absolute atomic E-state index is 12.2. The van der Waals surface area contributed by atoms with Crippen LogP contribution in [0.3, 0.4) is 0 Å². The molecule has 0 spiro atoms. The first-order chi connectivity index (χ1) is 11.9. The van der Waals surface area contributed by atoms with Crippen LogP contribution in [0.1, 0.15) is 5.56 Å². The fraction of sp³-hybridized carbons (Fsp3) is 0.188. The van der Waals surface area contributed by atoms with Crippen LogP contribution in [0.2, 0.25) is 0 Å². The predicted molar refractivity (Wildman–Crippen MR) is 111 cm³/mol. The van der Waals surface area contributed by atoms with Gasteiger partial charge in [-0.25, -0.2) is 4.79 Å². The predicted octanol–water partition coefficient (Wildman–Crippen LogP) is 3.12. The van der Waals surface area contributed by atoms with E-state index in [0.29, 0.717) is 10.7 Å². The molecule has 0 bridgehead atoms. The van der Waals surface area contributed by atoms with Crippen LogP contribution in [0.5, 0.6) is 5.75 Å². The average Bonchev–Trinajstić information content (AvgIpc) is 2.81. The van der Waals surface area contributed by atoms with E-state index in [2.05, 4.69) is 55.8 Å². The van der Waals surface area contributed by atoms with Crippen LogP contribution in [-0.4, -0.2) is 42.3 Å². The second kappa shape index (κ2) is 8.91. The van der Waals surface area contributed by atoms with Crippen molar-refractivity contribution in [2.75, 3.05) is 20.3 Å². The van der Waals surface area contributed by atoms with Gasteiger partial charge in [-0.2, -0.15) is 0 Å². The van der Waals surface area contributed by atoms with Crippen molar-refractivity contribution in [3.05, 3.63) is 29.7 Å². The molecule has 1 aromatic carbocycles. The Hall–Kier alpha value is -1.26. The highest BCUT2D eigenvalue weighted by Gasteiger charge is 2.34. The van der Waals surface area contributed by atoms with E-state index < -0.39 is 11.9 Å². The molecule has 25 heavy (non-hydrogen) atoms. The highest BCUT2D eigenvalue weighted by Crippen LogP contribution is 2.34. The number of rotatable bonds is 5. The summed E-state index contributed by atoms with van der Waals surface area (Å²) in [7, 11) is 1.29. The number of carbonyl (C=O) groups is 3. The first-order valence-corrected chi connectivity index (χ1v) is 9.72. The van der Waals surface area contributed by atoms with Gasteiger partial charge in [-0.15, -0.1) is 6.42 Å². The summed E-state index contributed by atoms with van der Waals surface area (Å²) < 4.78 is 11.5. The van der Waals surface area contributed by atoms with Gasteiger partial charge in [0.15, 0.2) is 6.61 Å². The van der Waals surface area contributed by atoms with Gasteiger partial charge in [0.25, 0.3) is 11.1 Å². The van der Waals surface area contributed by atoms with Gasteiger partial charge in [0.2, 0.25) is 0 Å². The number of ether oxygens (including phenoxy) is 2. The van der Waals surface area contributed by atoms with E-state index >= 15 is 0 Å². The molecule has 0 saturated carbocycles. The van der Waals surface area contributed by atoms with E-state index in [4.69, 9.17) is 11.2 Å². The molecule has 0 aliphatic carbocycles. The summed E-state index contributed by atoms with van der Waals surface area (Å²) in [4.78, 5) is 36.5. The first kappa shape index (κ1) is 20.1. The lowest BCUT2D eigenvalue weighted by molar-refractivity contribution is -0.143. The van der Waals surface area contributed by atoms with Crippen LogP contribution in [0, 0.1) is 19.5 Å². The Morgan fingerprint density at radius 3 is 2.56 bits per heavy atom. The summed E-state index contributed by atoms with van der Waals surface area (Å²) in [6, 6.07) is 3.59. The molecule has 1 aliphatic rings. The number of methoxy groups -OCH3 is 1. The standard InChI is InChI=1S/C16H11I2NO5S/c1-3-4-19-15(21)12(25-16(19)22)7-9-5-10(17)14(11(18)6-9)24-8-13(20)23-2/h1,5-7H,4,8H2,2H3/b12-7+. The molecule has 6 nitrogen and oxygen atoms in total. The number of halogens is 2. The highest BCUT2D eigenvalue weighted by molar-refractivity contribution is 14.1. The second-order valence-electron chi connectivity index (χ2n) is 4.65. The van der Waals surface area contributed by atoms with Crippen molar-refractivity contribution < 1.29 is 23.9 Å². The molecule has 2 amide bonds. The third kappa shape index (κ3) is 4.89. The number of imide groups is 1. The maximum atomic E-state index is 12.2. The lowest BCUT2D eigenvalue weighted by atomic mass is 10.2. The van der Waals surface area contributed by atoms with E-state index in [0.717, 1.165) is 29.4 Å². The Balaban J connectivity index is 2.24. The van der Waals surface area contributed by atoms with Crippen LogP contribution in [0.4, 0.5) is 4.79 Å². The summed E-state index contributed by atoms with van der Waals surface area (Å²) in [6.07, 6.45) is 6.81. The van der Waals surface area contributed by atoms with Gasteiger partial charge in [-0.1, -0.05) is 5.92 Å². The zero-order valence-corrected chi connectivity index (χ0v) is 18.0. The number of carbonyl (C=O) groups excluding carboxylic acids is 3. The summed E-state index contributed by atoms with van der Waals surface area (Å²) in [6.45, 7) is -0.232. The zero-order chi connectivity index (χ0) is 18.6. The van der Waals surface area contributed by atoms with E-state index in [9.17, 15) is 14.4 Å². The van der Waals surface area contributed by atoms with Crippen molar-refractivity contribution in [3.8, 4) is 18.1 Å². The monoisotopic (exact) mass is 583 g/mol. The number of benzene rings is 1. The highest BCUT2D eigenvalue weighted by atomic mass is 127. The number of esters is 1. The fourth-order valence-electron chi connectivity index (χ4n) is 1.87. The number of hydrogen-bond acceptors (Lipinski definition) is 6. The molecule has 2 rings (SSSR count). The lowest BCUT2D eigenvalue weighted by Gasteiger charge is -2.10. The van der Waals surface area contributed by atoms with Gasteiger partial charge in [-0.05, 0) is 80.7 Å². The molecule has 9 heteroatoms. The Morgan fingerprint density at radius 2 is 2.00 bits per heavy atom. The number of amides is 2. The molecule has 0 atom stereocenters. The third-order valence-corrected chi connectivity index (χ3v) is 5.51. The largest absolute Gasteiger partial charge is 0.480 e. The van der Waals surface area contributed by atoms with Gasteiger partial charge < -0.3 is 9.47 Å². The summed E-state index contributed by atoms with van der Waals surface area (Å²) in [5.41, 5.74) is 0.741. The van der Waals surface area contributed by atoms with Crippen molar-refractivity contribution in [2.45, 2.75) is 0 Å². The van der Waals surface area contributed by atoms with Crippen molar-refractivity contribution in [2.24, 2.45) is 0 Å². The van der Waals surface area contributed by atoms with Crippen LogP contribution < -0.4 is 4.74 Å². The summed E-state index contributed by atoms with van der Waals surface area (Å²) in [5.74, 6) is 1.98. The maximum Gasteiger partial charge on any atom is 0.343 e. The Bertz CT molecular complexity index is 792. The van der Waals surface area contributed by atoms with Crippen LogP contribution in [0.15, 0.2) is 17.0 Å². The molecule has 1 heterocycles. The molecule has 0 N–H and O–H groups in total. The van der Waals surface area contributed by atoms with Crippen molar-refractivity contribution in [1.82, 2.24) is 4.90 Å². The topological polar surface area (TPSA) is 72.9 Å². The van der Waals surface area contributed by atoms with E-state index in [1.54, 1.807) is 18.2 Å². The fourth-order valence-corrected chi connectivity index (χ4v) is 4.84. The van der Waals surface area contributed by atoms with Crippen LogP contribution in [-0.2, 0) is 14.3 Å². The Morgan fingerprint density at radius 1 is 1.36 bits per heavy atom. The Kier molecular flexibility index (Phi) is 7.14. The number of nitrogens with zero attached hydrogens (tertiary/aromatic N) is 1. The second-order valence-corrected chi connectivity index (χ2v) is 7.97. The van der Waals surface area contributed by atoms with E-state index in [1.807, 2.05) is 0 Å².